The maximum absolute atomic E-state index is 12.8. The minimum absolute atomic E-state index is 0.184. The van der Waals surface area contributed by atoms with E-state index in [9.17, 15) is 13.2 Å². The molecule has 3 nitrogen and oxygen atoms in total. The zero-order valence-electron chi connectivity index (χ0n) is 14.3. The predicted molar refractivity (Wildman–Crippen MR) is 102 cm³/mol. The van der Waals surface area contributed by atoms with E-state index in [1.54, 1.807) is 12.2 Å². The molecule has 0 aromatic heterocycles. The van der Waals surface area contributed by atoms with Crippen LogP contribution in [0.5, 0.6) is 0 Å². The third-order valence-electron chi connectivity index (χ3n) is 4.17. The molecule has 3 rings (SSSR count). The molecule has 0 radical (unpaired) electrons. The van der Waals surface area contributed by atoms with Gasteiger partial charge in [0.25, 0.3) is 0 Å². The van der Waals surface area contributed by atoms with Gasteiger partial charge >= 0.3 is 0 Å². The van der Waals surface area contributed by atoms with E-state index in [4.69, 9.17) is 0 Å². The van der Waals surface area contributed by atoms with Crippen LogP contribution in [0.15, 0.2) is 59.7 Å². The molecule has 0 spiro atoms. The van der Waals surface area contributed by atoms with E-state index >= 15 is 0 Å². The van der Waals surface area contributed by atoms with Gasteiger partial charge in [-0.05, 0) is 37.1 Å². The van der Waals surface area contributed by atoms with Crippen LogP contribution < -0.4 is 0 Å². The summed E-state index contributed by atoms with van der Waals surface area (Å²) >= 11 is 0. The zero-order valence-corrected chi connectivity index (χ0v) is 15.1. The van der Waals surface area contributed by atoms with Gasteiger partial charge in [0.2, 0.25) is 0 Å². The highest BCUT2D eigenvalue weighted by Gasteiger charge is 2.30. The molecule has 25 heavy (non-hydrogen) atoms. The van der Waals surface area contributed by atoms with Crippen molar-refractivity contribution in [3.05, 3.63) is 81.9 Å². The quantitative estimate of drug-likeness (QED) is 0.773. The van der Waals surface area contributed by atoms with Gasteiger partial charge in [0.1, 0.15) is 0 Å². The topological polar surface area (TPSA) is 51.2 Å². The van der Waals surface area contributed by atoms with Gasteiger partial charge in [-0.3, -0.25) is 4.79 Å². The molecule has 1 heterocycles. The number of benzene rings is 2. The molecule has 0 aliphatic carbocycles. The Labute approximate surface area is 148 Å². The second-order valence-electron chi connectivity index (χ2n) is 6.52. The van der Waals surface area contributed by atoms with Gasteiger partial charge in [0.15, 0.2) is 15.6 Å². The first-order valence-electron chi connectivity index (χ1n) is 8.12. The van der Waals surface area contributed by atoms with Crippen LogP contribution in [0, 0.1) is 13.8 Å². The molecule has 0 N–H and O–H groups in total. The molecule has 4 heteroatoms. The van der Waals surface area contributed by atoms with Crippen molar-refractivity contribution < 1.29 is 13.2 Å². The van der Waals surface area contributed by atoms with E-state index in [0.717, 1.165) is 22.3 Å². The molecule has 2 aromatic rings. The fourth-order valence-electron chi connectivity index (χ4n) is 2.80. The summed E-state index contributed by atoms with van der Waals surface area (Å²) in [7, 11) is -3.33. The van der Waals surface area contributed by atoms with Gasteiger partial charge in [-0.2, -0.15) is 0 Å². The van der Waals surface area contributed by atoms with Crippen molar-refractivity contribution >= 4 is 27.8 Å². The maximum Gasteiger partial charge on any atom is 0.187 e. The van der Waals surface area contributed by atoms with Gasteiger partial charge in [0, 0.05) is 11.1 Å². The summed E-state index contributed by atoms with van der Waals surface area (Å²) < 4.78 is 24.5. The van der Waals surface area contributed by atoms with Crippen molar-refractivity contribution in [3.63, 3.8) is 0 Å². The van der Waals surface area contributed by atoms with Crippen LogP contribution in [-0.4, -0.2) is 25.7 Å². The van der Waals surface area contributed by atoms with Crippen molar-refractivity contribution in [2.24, 2.45) is 0 Å². The van der Waals surface area contributed by atoms with Crippen LogP contribution in [0.2, 0.25) is 0 Å². The van der Waals surface area contributed by atoms with Crippen molar-refractivity contribution in [1.29, 1.82) is 0 Å². The first-order chi connectivity index (χ1) is 11.8. The highest BCUT2D eigenvalue weighted by molar-refractivity contribution is 7.92. The molecule has 1 fully saturated rings. The standard InChI is InChI=1S/C21H20O3S/c1-15-3-7-17(8-4-15)11-19-13-25(23,24)14-20(21(19)22)12-18-9-5-16(2)6-10-18/h3-12H,13-14H2,1-2H3/b19-11+,20-12+. The number of rotatable bonds is 2. The fourth-order valence-corrected chi connectivity index (χ4v) is 4.28. The summed E-state index contributed by atoms with van der Waals surface area (Å²) in [6, 6.07) is 15.3. The summed E-state index contributed by atoms with van der Waals surface area (Å²) in [4.78, 5) is 12.8. The van der Waals surface area contributed by atoms with E-state index in [0.29, 0.717) is 11.1 Å². The Balaban J connectivity index is 1.99. The molecule has 0 saturated carbocycles. The molecule has 1 aliphatic heterocycles. The van der Waals surface area contributed by atoms with Crippen LogP contribution in [0.1, 0.15) is 22.3 Å². The van der Waals surface area contributed by atoms with Crippen molar-refractivity contribution in [1.82, 2.24) is 0 Å². The number of hydrogen-bond acceptors (Lipinski definition) is 3. The van der Waals surface area contributed by atoms with Gasteiger partial charge in [-0.25, -0.2) is 8.42 Å². The number of carbonyl (C=O) groups is 1. The minimum atomic E-state index is -3.33. The first kappa shape index (κ1) is 17.4. The monoisotopic (exact) mass is 352 g/mol. The van der Waals surface area contributed by atoms with E-state index in [2.05, 4.69) is 0 Å². The fraction of sp³-hybridized carbons (Fsp3) is 0.190. The van der Waals surface area contributed by atoms with Crippen molar-refractivity contribution in [2.45, 2.75) is 13.8 Å². The molecule has 1 aliphatic rings. The minimum Gasteiger partial charge on any atom is -0.289 e. The lowest BCUT2D eigenvalue weighted by atomic mass is 10.00. The second-order valence-corrected chi connectivity index (χ2v) is 8.59. The molecule has 0 atom stereocenters. The summed E-state index contributed by atoms with van der Waals surface area (Å²) in [5.41, 5.74) is 4.55. The van der Waals surface area contributed by atoms with E-state index < -0.39 is 9.84 Å². The van der Waals surface area contributed by atoms with Crippen molar-refractivity contribution in [2.75, 3.05) is 11.5 Å². The van der Waals surface area contributed by atoms with E-state index in [-0.39, 0.29) is 17.3 Å². The number of carbonyl (C=O) groups excluding carboxylic acids is 1. The summed E-state index contributed by atoms with van der Waals surface area (Å²) in [6.07, 6.45) is 3.36. The molecule has 0 amide bonds. The van der Waals surface area contributed by atoms with E-state index in [1.165, 1.54) is 0 Å². The number of ketones is 1. The predicted octanol–water partition coefficient (Wildman–Crippen LogP) is 3.77. The lowest BCUT2D eigenvalue weighted by Gasteiger charge is -2.17. The number of aryl methyl sites for hydroxylation is 2. The normalized spacial score (nSPS) is 20.2. The molecule has 1 saturated heterocycles. The lowest BCUT2D eigenvalue weighted by Crippen LogP contribution is -2.28. The Morgan fingerprint density at radius 1 is 0.720 bits per heavy atom. The van der Waals surface area contributed by atoms with Crippen LogP contribution in [0.25, 0.3) is 12.2 Å². The Morgan fingerprint density at radius 3 is 1.44 bits per heavy atom. The summed E-state index contributed by atoms with van der Waals surface area (Å²) in [5.74, 6) is -0.591. The third-order valence-corrected chi connectivity index (χ3v) is 5.67. The SMILES string of the molecule is Cc1ccc(/C=C2\CS(=O)(=O)C/C(=C\c3ccc(C)cc3)C2=O)cc1. The summed E-state index contributed by atoms with van der Waals surface area (Å²) in [5, 5.41) is 0. The van der Waals surface area contributed by atoms with Gasteiger partial charge in [0.05, 0.1) is 11.5 Å². The zero-order chi connectivity index (χ0) is 18.0. The Morgan fingerprint density at radius 2 is 1.08 bits per heavy atom. The van der Waals surface area contributed by atoms with Crippen LogP contribution in [0.3, 0.4) is 0 Å². The van der Waals surface area contributed by atoms with Crippen LogP contribution in [-0.2, 0) is 14.6 Å². The van der Waals surface area contributed by atoms with E-state index in [1.807, 2.05) is 62.4 Å². The van der Waals surface area contributed by atoms with Gasteiger partial charge < -0.3 is 0 Å². The molecule has 128 valence electrons. The molecule has 2 aromatic carbocycles. The number of Topliss-reactive ketones (excluding diaryl/α,β-unsaturated/α-hetero) is 1. The average molecular weight is 352 g/mol. The second kappa shape index (κ2) is 6.81. The Hall–Kier alpha value is -2.46. The van der Waals surface area contributed by atoms with Crippen molar-refractivity contribution in [3.8, 4) is 0 Å². The molecule has 0 bridgehead atoms. The maximum atomic E-state index is 12.8. The van der Waals surface area contributed by atoms with Gasteiger partial charge in [-0.1, -0.05) is 59.7 Å². The first-order valence-corrected chi connectivity index (χ1v) is 9.94. The Kier molecular flexibility index (Phi) is 4.73. The lowest BCUT2D eigenvalue weighted by molar-refractivity contribution is -0.112. The largest absolute Gasteiger partial charge is 0.289 e. The average Bonchev–Trinajstić information content (AvgIpc) is 2.55. The smallest absolute Gasteiger partial charge is 0.187 e. The Bertz CT molecular complexity index is 887. The van der Waals surface area contributed by atoms with Crippen LogP contribution in [0.4, 0.5) is 0 Å². The molecular weight excluding hydrogens is 332 g/mol. The number of hydrogen-bond donors (Lipinski definition) is 0. The highest BCUT2D eigenvalue weighted by atomic mass is 32.2. The highest BCUT2D eigenvalue weighted by Crippen LogP contribution is 2.24. The van der Waals surface area contributed by atoms with Crippen LogP contribution >= 0.6 is 0 Å². The number of sulfone groups is 1. The van der Waals surface area contributed by atoms with Gasteiger partial charge in [-0.15, -0.1) is 0 Å². The molecule has 0 unspecified atom stereocenters. The molecular formula is C21H20O3S. The summed E-state index contributed by atoms with van der Waals surface area (Å²) in [6.45, 7) is 3.96. The third kappa shape index (κ3) is 4.34.